The van der Waals surface area contributed by atoms with Crippen molar-refractivity contribution in [1.82, 2.24) is 9.97 Å². The Morgan fingerprint density at radius 1 is 1.60 bits per heavy atom. The van der Waals surface area contributed by atoms with Crippen molar-refractivity contribution in [3.8, 4) is 0 Å². The predicted molar refractivity (Wildman–Crippen MR) is 57.3 cm³/mol. The highest BCUT2D eigenvalue weighted by atomic mass is 16.5. The zero-order valence-electron chi connectivity index (χ0n) is 9.23. The van der Waals surface area contributed by atoms with Gasteiger partial charge in [-0.05, 0) is 26.7 Å². The first kappa shape index (κ1) is 10.5. The lowest BCUT2D eigenvalue weighted by molar-refractivity contribution is 0.105. The lowest BCUT2D eigenvalue weighted by Gasteiger charge is -2.12. The summed E-state index contributed by atoms with van der Waals surface area (Å²) in [6.07, 6.45) is 4.04. The molecule has 1 unspecified atom stereocenters. The number of hydrogen-bond donors (Lipinski definition) is 1. The first-order chi connectivity index (χ1) is 7.18. The highest BCUT2D eigenvalue weighted by Gasteiger charge is 2.21. The fraction of sp³-hybridized carbons (Fsp3) is 0.636. The van der Waals surface area contributed by atoms with Crippen molar-refractivity contribution in [2.24, 2.45) is 5.73 Å². The van der Waals surface area contributed by atoms with Gasteiger partial charge >= 0.3 is 0 Å². The Hall–Kier alpha value is -1.00. The largest absolute Gasteiger partial charge is 0.370 e. The van der Waals surface area contributed by atoms with Gasteiger partial charge in [-0.2, -0.15) is 0 Å². The second kappa shape index (κ2) is 4.24. The van der Waals surface area contributed by atoms with E-state index in [4.69, 9.17) is 10.5 Å². The lowest BCUT2D eigenvalue weighted by atomic mass is 10.1. The number of rotatable bonds is 2. The molecule has 1 aliphatic heterocycles. The van der Waals surface area contributed by atoms with Gasteiger partial charge in [-0.1, -0.05) is 0 Å². The minimum Gasteiger partial charge on any atom is -0.370 e. The van der Waals surface area contributed by atoms with Crippen molar-refractivity contribution in [3.05, 3.63) is 23.3 Å². The molecule has 4 nitrogen and oxygen atoms in total. The number of nitrogens with zero attached hydrogens (tertiary/aromatic N) is 2. The second-order valence-electron chi connectivity index (χ2n) is 4.06. The second-order valence-corrected chi connectivity index (χ2v) is 4.06. The van der Waals surface area contributed by atoms with Crippen molar-refractivity contribution >= 4 is 0 Å². The third-order valence-electron chi connectivity index (χ3n) is 2.74. The van der Waals surface area contributed by atoms with E-state index in [0.29, 0.717) is 0 Å². The number of hydrogen-bond acceptors (Lipinski definition) is 4. The summed E-state index contributed by atoms with van der Waals surface area (Å²) in [5.74, 6) is 0.800. The van der Waals surface area contributed by atoms with E-state index in [1.165, 1.54) is 0 Å². The summed E-state index contributed by atoms with van der Waals surface area (Å²) in [7, 11) is 0. The Labute approximate surface area is 89.9 Å². The van der Waals surface area contributed by atoms with Gasteiger partial charge in [-0.15, -0.1) is 0 Å². The standard InChI is InChI=1S/C11H17N3O/c1-7(12)9-6-13-11(14-8(9)2)10-4-3-5-15-10/h6-7,10H,3-5,12H2,1-2H3/t7-,10?/m0/s1. The highest BCUT2D eigenvalue weighted by Crippen LogP contribution is 2.26. The molecule has 1 fully saturated rings. The van der Waals surface area contributed by atoms with E-state index in [2.05, 4.69) is 9.97 Å². The molecule has 4 heteroatoms. The molecule has 0 spiro atoms. The van der Waals surface area contributed by atoms with Crippen molar-refractivity contribution in [2.45, 2.75) is 38.8 Å². The maximum absolute atomic E-state index is 5.81. The average Bonchev–Trinajstić information content (AvgIpc) is 2.69. The minimum absolute atomic E-state index is 0.0106. The Morgan fingerprint density at radius 3 is 2.93 bits per heavy atom. The Bertz CT molecular complexity index is 346. The molecule has 2 rings (SSSR count). The summed E-state index contributed by atoms with van der Waals surface area (Å²) in [5.41, 5.74) is 7.78. The molecule has 1 aromatic heterocycles. The van der Waals surface area contributed by atoms with Crippen LogP contribution in [0.15, 0.2) is 6.20 Å². The zero-order chi connectivity index (χ0) is 10.8. The third kappa shape index (κ3) is 2.16. The number of aryl methyl sites for hydroxylation is 1. The summed E-state index contributed by atoms with van der Waals surface area (Å²) in [4.78, 5) is 8.79. The van der Waals surface area contributed by atoms with Crippen LogP contribution >= 0.6 is 0 Å². The van der Waals surface area contributed by atoms with Gasteiger partial charge in [0.2, 0.25) is 0 Å². The summed E-state index contributed by atoms with van der Waals surface area (Å²) in [5, 5.41) is 0. The molecular weight excluding hydrogens is 190 g/mol. The van der Waals surface area contributed by atoms with Crippen LogP contribution in [0.5, 0.6) is 0 Å². The van der Waals surface area contributed by atoms with E-state index in [0.717, 1.165) is 36.5 Å². The molecule has 82 valence electrons. The number of aromatic nitrogens is 2. The monoisotopic (exact) mass is 207 g/mol. The van der Waals surface area contributed by atoms with Crippen LogP contribution in [0.3, 0.4) is 0 Å². The van der Waals surface area contributed by atoms with E-state index >= 15 is 0 Å². The van der Waals surface area contributed by atoms with Crippen LogP contribution in [-0.2, 0) is 4.74 Å². The van der Waals surface area contributed by atoms with Gasteiger partial charge in [0.15, 0.2) is 5.82 Å². The molecule has 0 bridgehead atoms. The molecule has 1 aliphatic rings. The van der Waals surface area contributed by atoms with Crippen LogP contribution in [0.4, 0.5) is 0 Å². The zero-order valence-corrected chi connectivity index (χ0v) is 9.23. The van der Waals surface area contributed by atoms with Crippen molar-refractivity contribution in [3.63, 3.8) is 0 Å². The van der Waals surface area contributed by atoms with E-state index in [1.54, 1.807) is 0 Å². The molecule has 0 amide bonds. The van der Waals surface area contributed by atoms with Gasteiger partial charge in [0.1, 0.15) is 6.10 Å². The molecule has 1 saturated heterocycles. The van der Waals surface area contributed by atoms with E-state index in [9.17, 15) is 0 Å². The van der Waals surface area contributed by atoms with Gasteiger partial charge in [-0.3, -0.25) is 0 Å². The quantitative estimate of drug-likeness (QED) is 0.801. The lowest BCUT2D eigenvalue weighted by Crippen LogP contribution is -2.12. The Kier molecular flexibility index (Phi) is 2.98. The summed E-state index contributed by atoms with van der Waals surface area (Å²) < 4.78 is 5.54. The average molecular weight is 207 g/mol. The first-order valence-corrected chi connectivity index (χ1v) is 5.39. The number of nitrogens with two attached hydrogens (primary N) is 1. The van der Waals surface area contributed by atoms with Crippen LogP contribution in [0, 0.1) is 6.92 Å². The topological polar surface area (TPSA) is 61.0 Å². The Balaban J connectivity index is 2.24. The smallest absolute Gasteiger partial charge is 0.157 e. The molecule has 2 atom stereocenters. The summed E-state index contributed by atoms with van der Waals surface area (Å²) >= 11 is 0. The molecule has 2 heterocycles. The van der Waals surface area contributed by atoms with E-state index < -0.39 is 0 Å². The van der Waals surface area contributed by atoms with Crippen LogP contribution in [0.25, 0.3) is 0 Å². The Morgan fingerprint density at radius 2 is 2.40 bits per heavy atom. The minimum atomic E-state index is -0.0106. The van der Waals surface area contributed by atoms with Gasteiger partial charge in [0.25, 0.3) is 0 Å². The summed E-state index contributed by atoms with van der Waals surface area (Å²) in [6.45, 7) is 4.73. The molecule has 15 heavy (non-hydrogen) atoms. The van der Waals surface area contributed by atoms with Gasteiger partial charge in [-0.25, -0.2) is 9.97 Å². The normalized spacial score (nSPS) is 23.0. The van der Waals surface area contributed by atoms with Crippen LogP contribution in [0.2, 0.25) is 0 Å². The SMILES string of the molecule is Cc1nc(C2CCCO2)ncc1[C@H](C)N. The van der Waals surface area contributed by atoms with Crippen molar-refractivity contribution in [1.29, 1.82) is 0 Å². The molecule has 0 aromatic carbocycles. The molecule has 0 aliphatic carbocycles. The van der Waals surface area contributed by atoms with Crippen molar-refractivity contribution < 1.29 is 4.74 Å². The molecule has 0 saturated carbocycles. The van der Waals surface area contributed by atoms with Gasteiger partial charge < -0.3 is 10.5 Å². The van der Waals surface area contributed by atoms with Crippen LogP contribution in [-0.4, -0.2) is 16.6 Å². The number of ether oxygens (including phenoxy) is 1. The third-order valence-corrected chi connectivity index (χ3v) is 2.74. The van der Waals surface area contributed by atoms with Gasteiger partial charge in [0, 0.05) is 30.1 Å². The highest BCUT2D eigenvalue weighted by molar-refractivity contribution is 5.20. The maximum atomic E-state index is 5.81. The fourth-order valence-corrected chi connectivity index (χ4v) is 1.88. The van der Waals surface area contributed by atoms with E-state index in [1.807, 2.05) is 20.0 Å². The van der Waals surface area contributed by atoms with Gasteiger partial charge in [0.05, 0.1) is 0 Å². The van der Waals surface area contributed by atoms with Crippen LogP contribution < -0.4 is 5.73 Å². The van der Waals surface area contributed by atoms with Crippen LogP contribution in [0.1, 0.15) is 49.0 Å². The molecule has 0 radical (unpaired) electrons. The fourth-order valence-electron chi connectivity index (χ4n) is 1.88. The molecule has 2 N–H and O–H groups in total. The van der Waals surface area contributed by atoms with E-state index in [-0.39, 0.29) is 12.1 Å². The van der Waals surface area contributed by atoms with Crippen molar-refractivity contribution in [2.75, 3.05) is 6.61 Å². The first-order valence-electron chi connectivity index (χ1n) is 5.39. The maximum Gasteiger partial charge on any atom is 0.157 e. The predicted octanol–water partition coefficient (Wildman–Crippen LogP) is 1.66. The molecule has 1 aromatic rings. The summed E-state index contributed by atoms with van der Waals surface area (Å²) in [6, 6.07) is -0.0106. The molecular formula is C11H17N3O.